The zero-order valence-corrected chi connectivity index (χ0v) is 9.20. The summed E-state index contributed by atoms with van der Waals surface area (Å²) in [6.07, 6.45) is 0.712. The lowest BCUT2D eigenvalue weighted by molar-refractivity contribution is 0.0685. The molecular formula is C12H9NO5. The number of carbonyl (C=O) groups is 2. The minimum absolute atomic E-state index is 0.0442. The van der Waals surface area contributed by atoms with E-state index in [0.717, 1.165) is 0 Å². The lowest BCUT2D eigenvalue weighted by atomic mass is 10.2. The third kappa shape index (κ3) is 2.73. The first-order valence-electron chi connectivity index (χ1n) is 5.06. The van der Waals surface area contributed by atoms with Gasteiger partial charge in [0.25, 0.3) is 0 Å². The summed E-state index contributed by atoms with van der Waals surface area (Å²) in [7, 11) is 0. The number of carbonyl (C=O) groups excluding carboxylic acids is 1. The van der Waals surface area contributed by atoms with Gasteiger partial charge in [-0.05, 0) is 12.1 Å². The van der Waals surface area contributed by atoms with Crippen molar-refractivity contribution in [2.45, 2.75) is 6.61 Å². The highest BCUT2D eigenvalue weighted by molar-refractivity contribution is 5.85. The van der Waals surface area contributed by atoms with Crippen molar-refractivity contribution in [3.63, 3.8) is 0 Å². The largest absolute Gasteiger partial charge is 0.486 e. The molecule has 2 rings (SSSR count). The molecule has 1 aromatic carbocycles. The molecule has 0 saturated carbocycles. The molecule has 2 aromatic rings. The van der Waals surface area contributed by atoms with Crippen LogP contribution in [-0.4, -0.2) is 22.5 Å². The maximum Gasteiger partial charge on any atom is 0.358 e. The number of carboxylic acid groups (broad SMARTS) is 1. The Morgan fingerprint density at radius 1 is 1.44 bits per heavy atom. The topological polar surface area (TPSA) is 89.6 Å². The molecular weight excluding hydrogens is 238 g/mol. The molecule has 6 heteroatoms. The Bertz CT molecular complexity index is 575. The van der Waals surface area contributed by atoms with Crippen molar-refractivity contribution >= 4 is 12.3 Å². The van der Waals surface area contributed by atoms with Crippen LogP contribution in [0.1, 0.15) is 26.6 Å². The number of nitrogens with zero attached hydrogens (tertiary/aromatic N) is 1. The number of rotatable bonds is 5. The summed E-state index contributed by atoms with van der Waals surface area (Å²) in [5.41, 5.74) is 0.325. The Balaban J connectivity index is 2.01. The zero-order valence-electron chi connectivity index (χ0n) is 9.20. The highest BCUT2D eigenvalue weighted by Crippen LogP contribution is 2.14. The molecule has 0 fully saturated rings. The molecule has 0 atom stereocenters. The predicted octanol–water partition coefficient (Wildman–Crippen LogP) is 1.76. The van der Waals surface area contributed by atoms with Gasteiger partial charge in [-0.25, -0.2) is 4.79 Å². The number of ether oxygens (including phenoxy) is 1. The lowest BCUT2D eigenvalue weighted by Crippen LogP contribution is -1.96. The first kappa shape index (κ1) is 11.8. The van der Waals surface area contributed by atoms with E-state index in [2.05, 4.69) is 5.16 Å². The SMILES string of the molecule is O=Cc1cccc(OCc2cc(C(=O)O)no2)c1. The molecule has 0 spiro atoms. The second kappa shape index (κ2) is 5.13. The van der Waals surface area contributed by atoms with Crippen molar-refractivity contribution in [3.05, 3.63) is 47.3 Å². The van der Waals surface area contributed by atoms with Crippen LogP contribution < -0.4 is 4.74 Å². The first-order chi connectivity index (χ1) is 8.69. The third-order valence-corrected chi connectivity index (χ3v) is 2.15. The van der Waals surface area contributed by atoms with Gasteiger partial charge in [0.05, 0.1) is 0 Å². The maximum atomic E-state index is 10.6. The third-order valence-electron chi connectivity index (χ3n) is 2.15. The van der Waals surface area contributed by atoms with Crippen molar-refractivity contribution in [2.24, 2.45) is 0 Å². The van der Waals surface area contributed by atoms with Gasteiger partial charge in [0.2, 0.25) is 0 Å². The van der Waals surface area contributed by atoms with Gasteiger partial charge < -0.3 is 14.4 Å². The van der Waals surface area contributed by atoms with E-state index in [4.69, 9.17) is 14.4 Å². The quantitative estimate of drug-likeness (QED) is 0.810. The molecule has 0 unspecified atom stereocenters. The predicted molar refractivity (Wildman–Crippen MR) is 59.6 cm³/mol. The lowest BCUT2D eigenvalue weighted by Gasteiger charge is -2.03. The number of carboxylic acids is 1. The Labute approximate surface area is 102 Å². The van der Waals surface area contributed by atoms with Gasteiger partial charge in [0.1, 0.15) is 18.6 Å². The molecule has 6 nitrogen and oxygen atoms in total. The molecule has 1 heterocycles. The first-order valence-corrected chi connectivity index (χ1v) is 5.06. The summed E-state index contributed by atoms with van der Waals surface area (Å²) in [6.45, 7) is 0.0442. The smallest absolute Gasteiger partial charge is 0.358 e. The van der Waals surface area contributed by atoms with Crippen molar-refractivity contribution in [2.75, 3.05) is 0 Å². The number of hydrogen-bond donors (Lipinski definition) is 1. The summed E-state index contributed by atoms with van der Waals surface area (Å²) in [4.78, 5) is 21.1. The molecule has 0 bridgehead atoms. The van der Waals surface area contributed by atoms with Gasteiger partial charge in [-0.15, -0.1) is 0 Å². The van der Waals surface area contributed by atoms with E-state index < -0.39 is 5.97 Å². The minimum Gasteiger partial charge on any atom is -0.486 e. The zero-order chi connectivity index (χ0) is 13.0. The standard InChI is InChI=1S/C12H9NO5/c14-6-8-2-1-3-9(4-8)17-7-10-5-11(12(15)16)13-18-10/h1-6H,7H2,(H,15,16). The van der Waals surface area contributed by atoms with Gasteiger partial charge in [-0.3, -0.25) is 4.79 Å². The molecule has 0 aliphatic rings. The van der Waals surface area contributed by atoms with Gasteiger partial charge in [-0.2, -0.15) is 0 Å². The van der Waals surface area contributed by atoms with Gasteiger partial charge >= 0.3 is 5.97 Å². The molecule has 0 amide bonds. The van der Waals surface area contributed by atoms with Crippen LogP contribution in [0.5, 0.6) is 5.75 Å². The van der Waals surface area contributed by atoms with Crippen LogP contribution in [0.4, 0.5) is 0 Å². The van der Waals surface area contributed by atoms with E-state index in [-0.39, 0.29) is 12.3 Å². The summed E-state index contributed by atoms with van der Waals surface area (Å²) in [5, 5.41) is 12.0. The highest BCUT2D eigenvalue weighted by atomic mass is 16.5. The van der Waals surface area contributed by atoms with Crippen LogP contribution in [0.15, 0.2) is 34.9 Å². The minimum atomic E-state index is -1.16. The summed E-state index contributed by atoms with van der Waals surface area (Å²) in [6, 6.07) is 7.87. The number of aromatic carboxylic acids is 1. The average Bonchev–Trinajstić information content (AvgIpc) is 2.85. The fourth-order valence-corrected chi connectivity index (χ4v) is 1.31. The maximum absolute atomic E-state index is 10.6. The second-order valence-electron chi connectivity index (χ2n) is 3.46. The van der Waals surface area contributed by atoms with E-state index in [1.165, 1.54) is 6.07 Å². The fraction of sp³-hybridized carbons (Fsp3) is 0.0833. The van der Waals surface area contributed by atoms with Crippen molar-refractivity contribution in [1.82, 2.24) is 5.16 Å². The van der Waals surface area contributed by atoms with Crippen molar-refractivity contribution < 1.29 is 24.0 Å². The molecule has 18 heavy (non-hydrogen) atoms. The van der Waals surface area contributed by atoms with Crippen LogP contribution in [0.3, 0.4) is 0 Å². The number of hydrogen-bond acceptors (Lipinski definition) is 5. The molecule has 92 valence electrons. The van der Waals surface area contributed by atoms with E-state index >= 15 is 0 Å². The van der Waals surface area contributed by atoms with E-state index in [0.29, 0.717) is 23.4 Å². The normalized spacial score (nSPS) is 10.0. The fourth-order valence-electron chi connectivity index (χ4n) is 1.31. The summed E-state index contributed by atoms with van der Waals surface area (Å²) < 4.78 is 10.1. The van der Waals surface area contributed by atoms with Crippen LogP contribution in [0.2, 0.25) is 0 Å². The number of benzene rings is 1. The van der Waals surface area contributed by atoms with E-state index in [1.807, 2.05) is 0 Å². The van der Waals surface area contributed by atoms with Crippen LogP contribution in [-0.2, 0) is 6.61 Å². The average molecular weight is 247 g/mol. The van der Waals surface area contributed by atoms with Crippen LogP contribution in [0, 0.1) is 0 Å². The second-order valence-corrected chi connectivity index (χ2v) is 3.46. The summed E-state index contributed by atoms with van der Waals surface area (Å²) >= 11 is 0. The molecule has 1 aromatic heterocycles. The molecule has 1 N–H and O–H groups in total. The van der Waals surface area contributed by atoms with Crippen LogP contribution >= 0.6 is 0 Å². The Kier molecular flexibility index (Phi) is 3.38. The molecule has 0 aliphatic heterocycles. The Morgan fingerprint density at radius 3 is 2.94 bits per heavy atom. The van der Waals surface area contributed by atoms with Gasteiger partial charge in [0.15, 0.2) is 11.5 Å². The van der Waals surface area contributed by atoms with Crippen molar-refractivity contribution in [3.8, 4) is 5.75 Å². The summed E-state index contributed by atoms with van der Waals surface area (Å²) in [5.74, 6) is -0.371. The van der Waals surface area contributed by atoms with Gasteiger partial charge in [-0.1, -0.05) is 17.3 Å². The molecule has 0 radical (unpaired) electrons. The number of aromatic nitrogens is 1. The van der Waals surface area contributed by atoms with Gasteiger partial charge in [0, 0.05) is 11.6 Å². The number of aldehydes is 1. The monoisotopic (exact) mass is 247 g/mol. The van der Waals surface area contributed by atoms with Crippen molar-refractivity contribution in [1.29, 1.82) is 0 Å². The highest BCUT2D eigenvalue weighted by Gasteiger charge is 2.10. The van der Waals surface area contributed by atoms with Crippen LogP contribution in [0.25, 0.3) is 0 Å². The Morgan fingerprint density at radius 2 is 2.28 bits per heavy atom. The molecule has 0 saturated heterocycles. The Hall–Kier alpha value is -2.63. The van der Waals surface area contributed by atoms with E-state index in [9.17, 15) is 9.59 Å². The molecule has 0 aliphatic carbocycles. The van der Waals surface area contributed by atoms with E-state index in [1.54, 1.807) is 24.3 Å².